The van der Waals surface area contributed by atoms with Crippen LogP contribution in [0.1, 0.15) is 25.7 Å². The highest BCUT2D eigenvalue weighted by Gasteiger charge is 2.30. The molecule has 0 aliphatic carbocycles. The molecule has 0 aromatic carbocycles. The largest absolute Gasteiger partial charge is 0.349 e. The van der Waals surface area contributed by atoms with Crippen molar-refractivity contribution in [3.8, 4) is 0 Å². The summed E-state index contributed by atoms with van der Waals surface area (Å²) >= 11 is 0. The Kier molecular flexibility index (Phi) is 5.27. The van der Waals surface area contributed by atoms with Crippen molar-refractivity contribution in [1.82, 2.24) is 15.1 Å². The summed E-state index contributed by atoms with van der Waals surface area (Å²) in [4.78, 5) is 37.1. The van der Waals surface area contributed by atoms with Crippen molar-refractivity contribution < 1.29 is 14.4 Å². The fraction of sp³-hybridized carbons (Fsp3) is 0.750. The molecule has 1 unspecified atom stereocenters. The lowest BCUT2D eigenvalue weighted by atomic mass is 10.0. The number of nitrogens with zero attached hydrogens (tertiary/aromatic N) is 2. The second-order valence-electron chi connectivity index (χ2n) is 4.73. The van der Waals surface area contributed by atoms with Crippen molar-refractivity contribution in [2.75, 3.05) is 27.7 Å². The molecular weight excluding hydrogens is 234 g/mol. The van der Waals surface area contributed by atoms with E-state index in [-0.39, 0.29) is 23.8 Å². The summed E-state index contributed by atoms with van der Waals surface area (Å²) in [5, 5.41) is 3.10. The van der Waals surface area contributed by atoms with Gasteiger partial charge in [0.05, 0.1) is 6.04 Å². The number of hydrogen-bond acceptors (Lipinski definition) is 4. The maximum Gasteiger partial charge on any atom is 0.246 e. The molecule has 1 fully saturated rings. The van der Waals surface area contributed by atoms with Crippen molar-refractivity contribution in [1.29, 1.82) is 0 Å². The Morgan fingerprint density at radius 3 is 2.72 bits per heavy atom. The number of imide groups is 1. The zero-order valence-corrected chi connectivity index (χ0v) is 11.2. The maximum atomic E-state index is 11.7. The van der Waals surface area contributed by atoms with Crippen LogP contribution in [0.4, 0.5) is 0 Å². The van der Waals surface area contributed by atoms with Gasteiger partial charge in [0.25, 0.3) is 0 Å². The third-order valence-corrected chi connectivity index (χ3v) is 3.11. The first-order valence-electron chi connectivity index (χ1n) is 6.17. The second kappa shape index (κ2) is 6.49. The zero-order chi connectivity index (χ0) is 13.7. The highest BCUT2D eigenvalue weighted by atomic mass is 16.2. The van der Waals surface area contributed by atoms with Crippen LogP contribution in [0.2, 0.25) is 0 Å². The Hall–Kier alpha value is -1.43. The number of rotatable bonds is 5. The Labute approximate surface area is 107 Å². The van der Waals surface area contributed by atoms with Crippen LogP contribution < -0.4 is 5.32 Å². The van der Waals surface area contributed by atoms with Crippen LogP contribution in [0, 0.1) is 0 Å². The van der Waals surface area contributed by atoms with E-state index >= 15 is 0 Å². The quantitative estimate of drug-likeness (QED) is 0.536. The predicted octanol–water partition coefficient (Wildman–Crippen LogP) is -0.408. The monoisotopic (exact) mass is 255 g/mol. The molecule has 0 aromatic heterocycles. The second-order valence-corrected chi connectivity index (χ2v) is 4.73. The Morgan fingerprint density at radius 1 is 1.44 bits per heavy atom. The fourth-order valence-electron chi connectivity index (χ4n) is 1.84. The van der Waals surface area contributed by atoms with E-state index in [1.807, 2.05) is 0 Å². The number of nitrogens with one attached hydrogen (secondary N) is 1. The van der Waals surface area contributed by atoms with Gasteiger partial charge >= 0.3 is 0 Å². The van der Waals surface area contributed by atoms with E-state index in [1.165, 1.54) is 11.9 Å². The first-order chi connectivity index (χ1) is 8.43. The van der Waals surface area contributed by atoms with E-state index in [4.69, 9.17) is 0 Å². The average molecular weight is 255 g/mol. The van der Waals surface area contributed by atoms with Crippen LogP contribution >= 0.6 is 0 Å². The molecule has 0 aromatic rings. The lowest BCUT2D eigenvalue weighted by molar-refractivity contribution is -0.148. The van der Waals surface area contributed by atoms with E-state index in [0.29, 0.717) is 32.2 Å². The summed E-state index contributed by atoms with van der Waals surface area (Å²) in [6.07, 6.45) is 2.11. The molecule has 1 saturated heterocycles. The minimum atomic E-state index is -0.290. The van der Waals surface area contributed by atoms with Gasteiger partial charge in [-0.2, -0.15) is 0 Å². The number of piperidine rings is 1. The molecule has 1 rings (SSSR count). The Morgan fingerprint density at radius 2 is 2.11 bits per heavy atom. The number of amides is 3. The molecule has 6 heteroatoms. The summed E-state index contributed by atoms with van der Waals surface area (Å²) in [5.41, 5.74) is 0. The number of carbonyl (C=O) groups is 3. The van der Waals surface area contributed by atoms with E-state index in [9.17, 15) is 14.4 Å². The third kappa shape index (κ3) is 3.80. The molecule has 18 heavy (non-hydrogen) atoms. The SMILES string of the molecule is CN(C)C(=O)CCCNC1CCC(=O)N(C)C1=O. The van der Waals surface area contributed by atoms with Crippen LogP contribution in [0.3, 0.4) is 0 Å². The minimum absolute atomic E-state index is 0.0825. The van der Waals surface area contributed by atoms with Crippen molar-refractivity contribution in [2.24, 2.45) is 0 Å². The Bertz CT molecular complexity index is 341. The first-order valence-corrected chi connectivity index (χ1v) is 6.17. The van der Waals surface area contributed by atoms with Crippen LogP contribution in [0.25, 0.3) is 0 Å². The average Bonchev–Trinajstić information content (AvgIpc) is 2.33. The first kappa shape index (κ1) is 14.6. The molecule has 1 aliphatic rings. The molecule has 0 bridgehead atoms. The van der Waals surface area contributed by atoms with E-state index in [0.717, 1.165) is 0 Å². The lowest BCUT2D eigenvalue weighted by Crippen LogP contribution is -2.51. The molecule has 6 nitrogen and oxygen atoms in total. The summed E-state index contributed by atoms with van der Waals surface area (Å²) in [6, 6.07) is -0.290. The molecule has 1 heterocycles. The Balaban J connectivity index is 2.26. The third-order valence-electron chi connectivity index (χ3n) is 3.11. The molecule has 0 radical (unpaired) electrons. The van der Waals surface area contributed by atoms with Crippen LogP contribution in [0.15, 0.2) is 0 Å². The summed E-state index contributed by atoms with van der Waals surface area (Å²) in [5.74, 6) is -0.218. The van der Waals surface area contributed by atoms with Gasteiger partial charge in [-0.1, -0.05) is 0 Å². The topological polar surface area (TPSA) is 69.7 Å². The van der Waals surface area contributed by atoms with Crippen LogP contribution in [0.5, 0.6) is 0 Å². The smallest absolute Gasteiger partial charge is 0.246 e. The molecule has 3 amide bonds. The molecule has 0 saturated carbocycles. The van der Waals surface area contributed by atoms with Gasteiger partial charge < -0.3 is 10.2 Å². The molecule has 1 aliphatic heterocycles. The number of likely N-dealkylation sites (N-methyl/N-ethyl adjacent to an activating group) is 1. The molecule has 0 spiro atoms. The van der Waals surface area contributed by atoms with E-state index in [2.05, 4.69) is 5.32 Å². The van der Waals surface area contributed by atoms with Crippen molar-refractivity contribution in [3.63, 3.8) is 0 Å². The van der Waals surface area contributed by atoms with Gasteiger partial charge in [0, 0.05) is 34.0 Å². The number of hydrogen-bond donors (Lipinski definition) is 1. The van der Waals surface area contributed by atoms with Gasteiger partial charge in [-0.05, 0) is 19.4 Å². The summed E-state index contributed by atoms with van der Waals surface area (Å²) in [7, 11) is 4.95. The van der Waals surface area contributed by atoms with E-state index in [1.54, 1.807) is 19.0 Å². The van der Waals surface area contributed by atoms with Crippen molar-refractivity contribution in [2.45, 2.75) is 31.7 Å². The molecule has 1 atom stereocenters. The van der Waals surface area contributed by atoms with Gasteiger partial charge in [-0.3, -0.25) is 19.3 Å². The lowest BCUT2D eigenvalue weighted by Gasteiger charge is -2.28. The normalized spacial score (nSPS) is 20.2. The minimum Gasteiger partial charge on any atom is -0.349 e. The fourth-order valence-corrected chi connectivity index (χ4v) is 1.84. The van der Waals surface area contributed by atoms with Crippen LogP contribution in [-0.4, -0.2) is 61.3 Å². The molecule has 1 N–H and O–H groups in total. The van der Waals surface area contributed by atoms with Gasteiger partial charge in [-0.25, -0.2) is 0 Å². The van der Waals surface area contributed by atoms with E-state index < -0.39 is 0 Å². The van der Waals surface area contributed by atoms with Crippen molar-refractivity contribution >= 4 is 17.7 Å². The molecular formula is C12H21N3O3. The predicted molar refractivity (Wildman–Crippen MR) is 66.7 cm³/mol. The van der Waals surface area contributed by atoms with Gasteiger partial charge in [-0.15, -0.1) is 0 Å². The summed E-state index contributed by atoms with van der Waals surface area (Å²) in [6.45, 7) is 0.609. The number of likely N-dealkylation sites (tertiary alicyclic amines) is 1. The summed E-state index contributed by atoms with van der Waals surface area (Å²) < 4.78 is 0. The highest BCUT2D eigenvalue weighted by molar-refractivity contribution is 6.00. The van der Waals surface area contributed by atoms with Crippen LogP contribution in [-0.2, 0) is 14.4 Å². The van der Waals surface area contributed by atoms with Gasteiger partial charge in [0.1, 0.15) is 0 Å². The van der Waals surface area contributed by atoms with Crippen molar-refractivity contribution in [3.05, 3.63) is 0 Å². The number of carbonyl (C=O) groups excluding carboxylic acids is 3. The standard InChI is InChI=1S/C12H21N3O3/c1-14(2)10(16)5-4-8-13-9-6-7-11(17)15(3)12(9)18/h9,13H,4-8H2,1-3H3. The van der Waals surface area contributed by atoms with Gasteiger partial charge in [0.2, 0.25) is 17.7 Å². The highest BCUT2D eigenvalue weighted by Crippen LogP contribution is 2.11. The van der Waals surface area contributed by atoms with Gasteiger partial charge in [0.15, 0.2) is 0 Å². The maximum absolute atomic E-state index is 11.7. The zero-order valence-electron chi connectivity index (χ0n) is 11.2. The molecule has 102 valence electrons.